The molecule has 1 aliphatic rings. The van der Waals surface area contributed by atoms with Crippen LogP contribution in [0.2, 0.25) is 0 Å². The van der Waals surface area contributed by atoms with Crippen molar-refractivity contribution in [1.29, 1.82) is 0 Å². The van der Waals surface area contributed by atoms with Crippen molar-refractivity contribution >= 4 is 17.5 Å². The molecule has 160 valence electrons. The van der Waals surface area contributed by atoms with E-state index in [9.17, 15) is 9.59 Å². The second kappa shape index (κ2) is 9.20. The van der Waals surface area contributed by atoms with Crippen molar-refractivity contribution in [2.75, 3.05) is 18.6 Å². The minimum absolute atomic E-state index is 0.134. The molecule has 0 saturated heterocycles. The number of para-hydroxylation sites is 1. The van der Waals surface area contributed by atoms with Crippen LogP contribution in [-0.2, 0) is 16.1 Å². The molecular formula is C24H30N2O4. The summed E-state index contributed by atoms with van der Waals surface area (Å²) in [5, 5.41) is 2.78. The summed E-state index contributed by atoms with van der Waals surface area (Å²) in [5.74, 6) is 1.54. The summed E-state index contributed by atoms with van der Waals surface area (Å²) < 4.78 is 11.4. The van der Waals surface area contributed by atoms with Gasteiger partial charge in [-0.2, -0.15) is 0 Å². The zero-order valence-corrected chi connectivity index (χ0v) is 18.3. The number of amides is 2. The highest BCUT2D eigenvalue weighted by atomic mass is 16.5. The predicted molar refractivity (Wildman–Crippen MR) is 117 cm³/mol. The zero-order valence-electron chi connectivity index (χ0n) is 18.3. The number of hydrogen-bond acceptors (Lipinski definition) is 4. The van der Waals surface area contributed by atoms with Crippen LogP contribution in [0, 0.1) is 12.8 Å². The summed E-state index contributed by atoms with van der Waals surface area (Å²) in [7, 11) is 1.61. The van der Waals surface area contributed by atoms with Gasteiger partial charge in [-0.05, 0) is 42.5 Å². The van der Waals surface area contributed by atoms with Crippen LogP contribution in [0.15, 0.2) is 36.4 Å². The van der Waals surface area contributed by atoms with E-state index < -0.39 is 6.04 Å². The van der Waals surface area contributed by atoms with Crippen molar-refractivity contribution in [3.05, 3.63) is 53.1 Å². The molecule has 0 aromatic heterocycles. The van der Waals surface area contributed by atoms with Crippen LogP contribution in [0.1, 0.15) is 49.9 Å². The fourth-order valence-electron chi connectivity index (χ4n) is 3.70. The van der Waals surface area contributed by atoms with Crippen LogP contribution in [-0.4, -0.2) is 25.5 Å². The number of fused-ring (bicyclic) bond motifs is 1. The maximum atomic E-state index is 13.1. The lowest BCUT2D eigenvalue weighted by atomic mass is 10.0. The Kier molecular flexibility index (Phi) is 6.65. The number of rotatable bonds is 8. The maximum absolute atomic E-state index is 13.1. The van der Waals surface area contributed by atoms with E-state index >= 15 is 0 Å². The number of ether oxygens (including phenoxy) is 2. The van der Waals surface area contributed by atoms with Gasteiger partial charge in [-0.1, -0.05) is 38.1 Å². The fourth-order valence-corrected chi connectivity index (χ4v) is 3.70. The summed E-state index contributed by atoms with van der Waals surface area (Å²) >= 11 is 0. The molecule has 30 heavy (non-hydrogen) atoms. The third kappa shape index (κ3) is 4.58. The maximum Gasteiger partial charge on any atom is 0.254 e. The van der Waals surface area contributed by atoms with Gasteiger partial charge >= 0.3 is 0 Å². The summed E-state index contributed by atoms with van der Waals surface area (Å²) in [5.41, 5.74) is 3.61. The lowest BCUT2D eigenvalue weighted by molar-refractivity contribution is -0.126. The van der Waals surface area contributed by atoms with Crippen molar-refractivity contribution in [2.45, 2.75) is 46.7 Å². The van der Waals surface area contributed by atoms with Crippen molar-refractivity contribution in [3.8, 4) is 11.5 Å². The molecule has 0 radical (unpaired) electrons. The molecule has 6 nitrogen and oxygen atoms in total. The first-order valence-electron chi connectivity index (χ1n) is 10.3. The molecule has 0 saturated carbocycles. The number of carbonyl (C=O) groups is 2. The van der Waals surface area contributed by atoms with Gasteiger partial charge in [-0.3, -0.25) is 9.59 Å². The predicted octanol–water partition coefficient (Wildman–Crippen LogP) is 4.15. The first kappa shape index (κ1) is 21.7. The van der Waals surface area contributed by atoms with Crippen LogP contribution in [0.4, 0.5) is 5.69 Å². The molecule has 0 unspecified atom stereocenters. The third-order valence-electron chi connectivity index (χ3n) is 5.23. The van der Waals surface area contributed by atoms with Crippen molar-refractivity contribution in [3.63, 3.8) is 0 Å². The molecule has 6 heteroatoms. The Morgan fingerprint density at radius 3 is 2.63 bits per heavy atom. The lowest BCUT2D eigenvalue weighted by Crippen LogP contribution is -2.36. The molecule has 2 aromatic rings. The summed E-state index contributed by atoms with van der Waals surface area (Å²) in [6, 6.07) is 10.9. The smallest absolute Gasteiger partial charge is 0.254 e. The van der Waals surface area contributed by atoms with Crippen molar-refractivity contribution in [2.24, 2.45) is 5.92 Å². The molecule has 0 bridgehead atoms. The molecule has 0 aliphatic carbocycles. The fraction of sp³-hybridized carbons (Fsp3) is 0.417. The van der Waals surface area contributed by atoms with E-state index in [1.807, 2.05) is 43.3 Å². The van der Waals surface area contributed by atoms with E-state index in [1.54, 1.807) is 12.0 Å². The standard InChI is InChI=1S/C24H30N2O4/c1-15(2)11-12-30-20-10-9-18(13-21(20)29-5)14-26-23-16(3)7-6-8-19(23)22(24(26)28)25-17(4)27/h6-10,13,15,22H,11-12,14H2,1-5H3,(H,25,27)/t22-/m0/s1. The van der Waals surface area contributed by atoms with Crippen LogP contribution in [0.25, 0.3) is 0 Å². The minimum atomic E-state index is -0.655. The number of methoxy groups -OCH3 is 1. The molecule has 1 atom stereocenters. The van der Waals surface area contributed by atoms with E-state index in [-0.39, 0.29) is 11.8 Å². The van der Waals surface area contributed by atoms with Gasteiger partial charge in [0.1, 0.15) is 6.04 Å². The largest absolute Gasteiger partial charge is 0.493 e. The van der Waals surface area contributed by atoms with Gasteiger partial charge < -0.3 is 19.7 Å². The highest BCUT2D eigenvalue weighted by Gasteiger charge is 2.38. The van der Waals surface area contributed by atoms with Crippen LogP contribution in [0.3, 0.4) is 0 Å². The summed E-state index contributed by atoms with van der Waals surface area (Å²) in [4.78, 5) is 26.5. The molecule has 1 N–H and O–H groups in total. The Morgan fingerprint density at radius 2 is 1.97 bits per heavy atom. The average Bonchev–Trinajstić information content (AvgIpc) is 2.95. The van der Waals surface area contributed by atoms with Gasteiger partial charge in [-0.15, -0.1) is 0 Å². The third-order valence-corrected chi connectivity index (χ3v) is 5.23. The second-order valence-electron chi connectivity index (χ2n) is 8.09. The molecule has 2 aromatic carbocycles. The van der Waals surface area contributed by atoms with E-state index in [2.05, 4.69) is 19.2 Å². The normalized spacial score (nSPS) is 15.3. The van der Waals surface area contributed by atoms with Crippen LogP contribution in [0.5, 0.6) is 11.5 Å². The molecular weight excluding hydrogens is 380 g/mol. The van der Waals surface area contributed by atoms with Gasteiger partial charge in [0.25, 0.3) is 5.91 Å². The number of hydrogen-bond donors (Lipinski definition) is 1. The summed E-state index contributed by atoms with van der Waals surface area (Å²) in [6.07, 6.45) is 0.966. The minimum Gasteiger partial charge on any atom is -0.493 e. The number of nitrogens with zero attached hydrogens (tertiary/aromatic N) is 1. The SMILES string of the molecule is COc1cc(CN2C(=O)[C@@H](NC(C)=O)c3cccc(C)c32)ccc1OCCC(C)C. The number of carbonyl (C=O) groups excluding carboxylic acids is 2. The highest BCUT2D eigenvalue weighted by molar-refractivity contribution is 6.06. The van der Waals surface area contributed by atoms with E-state index in [0.717, 1.165) is 28.8 Å². The van der Waals surface area contributed by atoms with E-state index in [4.69, 9.17) is 9.47 Å². The number of anilines is 1. The van der Waals surface area contributed by atoms with Crippen molar-refractivity contribution in [1.82, 2.24) is 5.32 Å². The van der Waals surface area contributed by atoms with Gasteiger partial charge in [-0.25, -0.2) is 0 Å². The zero-order chi connectivity index (χ0) is 21.8. The Hall–Kier alpha value is -3.02. The topological polar surface area (TPSA) is 67.9 Å². The molecule has 0 fully saturated rings. The van der Waals surface area contributed by atoms with E-state index in [0.29, 0.717) is 30.6 Å². The van der Waals surface area contributed by atoms with Crippen LogP contribution >= 0.6 is 0 Å². The number of nitrogens with one attached hydrogen (secondary N) is 1. The van der Waals surface area contributed by atoms with E-state index in [1.165, 1.54) is 6.92 Å². The summed E-state index contributed by atoms with van der Waals surface area (Å²) in [6.45, 7) is 8.73. The average molecular weight is 411 g/mol. The van der Waals surface area contributed by atoms with Crippen molar-refractivity contribution < 1.29 is 19.1 Å². The second-order valence-corrected chi connectivity index (χ2v) is 8.09. The molecule has 0 spiro atoms. The molecule has 1 heterocycles. The highest BCUT2D eigenvalue weighted by Crippen LogP contribution is 2.40. The Morgan fingerprint density at radius 1 is 1.20 bits per heavy atom. The first-order valence-corrected chi connectivity index (χ1v) is 10.3. The molecule has 3 rings (SSSR count). The van der Waals surface area contributed by atoms with Gasteiger partial charge in [0.15, 0.2) is 11.5 Å². The Labute approximate surface area is 178 Å². The first-order chi connectivity index (χ1) is 14.3. The van der Waals surface area contributed by atoms with Gasteiger partial charge in [0.2, 0.25) is 5.91 Å². The number of aryl methyl sites for hydroxylation is 1. The monoisotopic (exact) mass is 410 g/mol. The quantitative estimate of drug-likeness (QED) is 0.710. The lowest BCUT2D eigenvalue weighted by Gasteiger charge is -2.21. The van der Waals surface area contributed by atoms with Crippen LogP contribution < -0.4 is 19.7 Å². The molecule has 1 aliphatic heterocycles. The molecule has 2 amide bonds. The van der Waals surface area contributed by atoms with Gasteiger partial charge in [0.05, 0.1) is 25.9 Å². The number of benzene rings is 2. The Balaban J connectivity index is 1.85. The van der Waals surface area contributed by atoms with Gasteiger partial charge in [0, 0.05) is 12.5 Å². The Bertz CT molecular complexity index is 939.